The summed E-state index contributed by atoms with van der Waals surface area (Å²) in [5.74, 6) is 0. The van der Waals surface area contributed by atoms with Crippen LogP contribution in [0.15, 0.2) is 23.1 Å². The van der Waals surface area contributed by atoms with Gasteiger partial charge in [-0.15, -0.1) is 0 Å². The summed E-state index contributed by atoms with van der Waals surface area (Å²) in [5, 5.41) is 10.8. The third kappa shape index (κ3) is 3.33. The number of ether oxygens (including phenoxy) is 1. The molecule has 8 heteroatoms. The first kappa shape index (κ1) is 14.9. The van der Waals surface area contributed by atoms with E-state index in [9.17, 15) is 18.5 Å². The highest BCUT2D eigenvalue weighted by Gasteiger charge is 2.22. The first-order valence-corrected chi connectivity index (χ1v) is 7.75. The number of benzene rings is 1. The minimum atomic E-state index is -3.75. The minimum Gasteiger partial charge on any atom is -0.377 e. The standard InChI is InChI=1S/C12H16N2O5S/c1-9-4-5-11(7-12(9)14(15)16)20(17,18)13-8-10-3-2-6-19-10/h4-5,7,10,13H,2-3,6,8H2,1H3/t10-/m1/s1. The summed E-state index contributed by atoms with van der Waals surface area (Å²) in [5.41, 5.74) is 0.220. The first-order chi connectivity index (χ1) is 9.40. The molecule has 0 saturated carbocycles. The molecule has 0 unspecified atom stereocenters. The van der Waals surface area contributed by atoms with Crippen LogP contribution in [0.4, 0.5) is 5.69 Å². The highest BCUT2D eigenvalue weighted by Crippen LogP contribution is 2.22. The van der Waals surface area contributed by atoms with Crippen molar-refractivity contribution in [3.05, 3.63) is 33.9 Å². The quantitative estimate of drug-likeness (QED) is 0.654. The summed E-state index contributed by atoms with van der Waals surface area (Å²) in [7, 11) is -3.75. The number of nitro benzene ring substituents is 1. The van der Waals surface area contributed by atoms with Gasteiger partial charge in [-0.05, 0) is 25.8 Å². The smallest absolute Gasteiger partial charge is 0.273 e. The topological polar surface area (TPSA) is 98.5 Å². The van der Waals surface area contributed by atoms with Gasteiger partial charge >= 0.3 is 0 Å². The predicted octanol–water partition coefficient (Wildman–Crippen LogP) is 1.36. The lowest BCUT2D eigenvalue weighted by Crippen LogP contribution is -2.31. The maximum Gasteiger partial charge on any atom is 0.273 e. The van der Waals surface area contributed by atoms with Crippen LogP contribution in [0.25, 0.3) is 0 Å². The monoisotopic (exact) mass is 300 g/mol. The molecule has 1 aliphatic rings. The number of hydrogen-bond donors (Lipinski definition) is 1. The van der Waals surface area contributed by atoms with Crippen LogP contribution < -0.4 is 4.72 Å². The number of rotatable bonds is 5. The van der Waals surface area contributed by atoms with Gasteiger partial charge in [-0.3, -0.25) is 10.1 Å². The molecule has 2 rings (SSSR count). The van der Waals surface area contributed by atoms with Gasteiger partial charge in [-0.1, -0.05) is 6.07 Å². The summed E-state index contributed by atoms with van der Waals surface area (Å²) in [6.45, 7) is 2.39. The van der Waals surface area contributed by atoms with E-state index in [2.05, 4.69) is 4.72 Å². The second kappa shape index (κ2) is 5.86. The van der Waals surface area contributed by atoms with E-state index in [1.54, 1.807) is 6.92 Å². The zero-order valence-corrected chi connectivity index (χ0v) is 11.9. The second-order valence-corrected chi connectivity index (χ2v) is 6.46. The van der Waals surface area contributed by atoms with E-state index in [0.29, 0.717) is 12.2 Å². The summed E-state index contributed by atoms with van der Waals surface area (Å²) in [6.07, 6.45) is 1.61. The molecule has 110 valence electrons. The van der Waals surface area contributed by atoms with Crippen molar-refractivity contribution in [1.82, 2.24) is 4.72 Å². The van der Waals surface area contributed by atoms with Gasteiger partial charge in [-0.25, -0.2) is 13.1 Å². The van der Waals surface area contributed by atoms with Crippen molar-refractivity contribution in [2.75, 3.05) is 13.2 Å². The third-order valence-electron chi connectivity index (χ3n) is 3.21. The van der Waals surface area contributed by atoms with Crippen LogP contribution in [-0.4, -0.2) is 32.6 Å². The Morgan fingerprint density at radius 3 is 2.85 bits per heavy atom. The number of aryl methyl sites for hydroxylation is 1. The van der Waals surface area contributed by atoms with Gasteiger partial charge in [0, 0.05) is 24.8 Å². The molecule has 7 nitrogen and oxygen atoms in total. The average molecular weight is 300 g/mol. The lowest BCUT2D eigenvalue weighted by Gasteiger charge is -2.11. The number of nitrogens with zero attached hydrogens (tertiary/aromatic N) is 1. The molecule has 1 aromatic rings. The Bertz CT molecular complexity index is 608. The van der Waals surface area contributed by atoms with Gasteiger partial charge in [0.15, 0.2) is 0 Å². The van der Waals surface area contributed by atoms with Gasteiger partial charge in [0.2, 0.25) is 10.0 Å². The molecule has 0 spiro atoms. The molecule has 20 heavy (non-hydrogen) atoms. The Labute approximate surface area is 117 Å². The highest BCUT2D eigenvalue weighted by molar-refractivity contribution is 7.89. The van der Waals surface area contributed by atoms with Crippen LogP contribution in [0.2, 0.25) is 0 Å². The number of sulfonamides is 1. The van der Waals surface area contributed by atoms with E-state index in [-0.39, 0.29) is 23.2 Å². The largest absolute Gasteiger partial charge is 0.377 e. The van der Waals surface area contributed by atoms with Crippen molar-refractivity contribution in [2.24, 2.45) is 0 Å². The molecule has 0 amide bonds. The summed E-state index contributed by atoms with van der Waals surface area (Å²) >= 11 is 0. The fraction of sp³-hybridized carbons (Fsp3) is 0.500. The maximum atomic E-state index is 12.1. The van der Waals surface area contributed by atoms with Crippen molar-refractivity contribution in [1.29, 1.82) is 0 Å². The van der Waals surface area contributed by atoms with Crippen LogP contribution in [0, 0.1) is 17.0 Å². The van der Waals surface area contributed by atoms with E-state index in [0.717, 1.165) is 18.9 Å². The Balaban J connectivity index is 2.16. The van der Waals surface area contributed by atoms with E-state index in [4.69, 9.17) is 4.74 Å². The maximum absolute atomic E-state index is 12.1. The van der Waals surface area contributed by atoms with Gasteiger partial charge in [-0.2, -0.15) is 0 Å². The van der Waals surface area contributed by atoms with Crippen LogP contribution in [0.1, 0.15) is 18.4 Å². The fourth-order valence-electron chi connectivity index (χ4n) is 2.04. The van der Waals surface area contributed by atoms with Crippen LogP contribution in [0.3, 0.4) is 0 Å². The molecule has 1 atom stereocenters. The lowest BCUT2D eigenvalue weighted by atomic mass is 10.2. The third-order valence-corrected chi connectivity index (χ3v) is 4.63. The van der Waals surface area contributed by atoms with Gasteiger partial charge < -0.3 is 4.74 Å². The van der Waals surface area contributed by atoms with Gasteiger partial charge in [0.25, 0.3) is 5.69 Å². The molecule has 1 fully saturated rings. The first-order valence-electron chi connectivity index (χ1n) is 6.26. The molecule has 0 aromatic heterocycles. The average Bonchev–Trinajstić information content (AvgIpc) is 2.89. The summed E-state index contributed by atoms with van der Waals surface area (Å²) in [4.78, 5) is 10.1. The minimum absolute atomic E-state index is 0.104. The van der Waals surface area contributed by atoms with Crippen molar-refractivity contribution in [3.63, 3.8) is 0 Å². The number of nitrogens with one attached hydrogen (secondary N) is 1. The summed E-state index contributed by atoms with van der Waals surface area (Å²) in [6, 6.07) is 3.87. The molecule has 1 aromatic carbocycles. The molecule has 1 saturated heterocycles. The SMILES string of the molecule is Cc1ccc(S(=O)(=O)NC[C@H]2CCCO2)cc1[N+](=O)[O-]. The van der Waals surface area contributed by atoms with Crippen molar-refractivity contribution >= 4 is 15.7 Å². The molecule has 0 aliphatic carbocycles. The zero-order chi connectivity index (χ0) is 14.8. The summed E-state index contributed by atoms with van der Waals surface area (Å²) < 4.78 is 31.9. The van der Waals surface area contributed by atoms with E-state index in [1.807, 2.05) is 0 Å². The molecule has 0 bridgehead atoms. The van der Waals surface area contributed by atoms with Gasteiger partial charge in [0.05, 0.1) is 15.9 Å². The van der Waals surface area contributed by atoms with Crippen molar-refractivity contribution in [2.45, 2.75) is 30.8 Å². The fourth-order valence-corrected chi connectivity index (χ4v) is 3.13. The van der Waals surface area contributed by atoms with E-state index < -0.39 is 14.9 Å². The Hall–Kier alpha value is -1.51. The van der Waals surface area contributed by atoms with Crippen molar-refractivity contribution in [3.8, 4) is 0 Å². The zero-order valence-electron chi connectivity index (χ0n) is 11.0. The van der Waals surface area contributed by atoms with Crippen molar-refractivity contribution < 1.29 is 18.1 Å². The van der Waals surface area contributed by atoms with Crippen LogP contribution >= 0.6 is 0 Å². The Morgan fingerprint density at radius 1 is 1.50 bits per heavy atom. The predicted molar refractivity (Wildman–Crippen MR) is 72.0 cm³/mol. The Morgan fingerprint density at radius 2 is 2.25 bits per heavy atom. The molecule has 1 heterocycles. The molecule has 1 aliphatic heterocycles. The van der Waals surface area contributed by atoms with Gasteiger partial charge in [0.1, 0.15) is 0 Å². The molecule has 0 radical (unpaired) electrons. The highest BCUT2D eigenvalue weighted by atomic mass is 32.2. The number of nitro groups is 1. The normalized spacial score (nSPS) is 19.1. The Kier molecular flexibility index (Phi) is 4.36. The van der Waals surface area contributed by atoms with E-state index >= 15 is 0 Å². The molecular formula is C12H16N2O5S. The second-order valence-electron chi connectivity index (χ2n) is 4.69. The lowest BCUT2D eigenvalue weighted by molar-refractivity contribution is -0.385. The molecule has 1 N–H and O–H groups in total. The van der Waals surface area contributed by atoms with Crippen LogP contribution in [0.5, 0.6) is 0 Å². The van der Waals surface area contributed by atoms with E-state index in [1.165, 1.54) is 12.1 Å². The number of hydrogen-bond acceptors (Lipinski definition) is 5. The van der Waals surface area contributed by atoms with Crippen LogP contribution in [-0.2, 0) is 14.8 Å². The molecular weight excluding hydrogens is 284 g/mol.